The summed E-state index contributed by atoms with van der Waals surface area (Å²) in [5.74, 6) is -2.55. The predicted molar refractivity (Wildman–Crippen MR) is 59.3 cm³/mol. The summed E-state index contributed by atoms with van der Waals surface area (Å²) in [5.41, 5.74) is 0. The predicted octanol–water partition coefficient (Wildman–Crippen LogP) is 0.374. The molecule has 0 fully saturated rings. The fourth-order valence-corrected chi connectivity index (χ4v) is 1.23. The van der Waals surface area contributed by atoms with E-state index >= 15 is 0 Å². The van der Waals surface area contributed by atoms with Gasteiger partial charge >= 0.3 is 0 Å². The summed E-state index contributed by atoms with van der Waals surface area (Å²) in [7, 11) is 0. The molecule has 0 saturated heterocycles. The number of aliphatic hydroxyl groups excluding tert-OH is 2. The van der Waals surface area contributed by atoms with Gasteiger partial charge in [-0.3, -0.25) is 0 Å². The Morgan fingerprint density at radius 3 is 2.89 bits per heavy atom. The zero-order valence-corrected chi connectivity index (χ0v) is 9.81. The maximum atomic E-state index is 12.6. The van der Waals surface area contributed by atoms with E-state index in [1.54, 1.807) is 12.1 Å². The Labute approximate surface area is 103 Å². The van der Waals surface area contributed by atoms with Gasteiger partial charge in [0.05, 0.1) is 25.5 Å². The lowest BCUT2D eigenvalue weighted by molar-refractivity contribution is -0.0506. The third-order valence-electron chi connectivity index (χ3n) is 2.13. The number of hydrogen-bond donors (Lipinski definition) is 3. The molecular weight excluding hydrogens is 248 g/mol. The normalized spacial score (nSPS) is 13.8. The van der Waals surface area contributed by atoms with Gasteiger partial charge in [-0.05, 0) is 12.1 Å². The van der Waals surface area contributed by atoms with Crippen LogP contribution < -0.4 is 5.32 Å². The fraction of sp³-hybridized carbons (Fsp3) is 0.636. The van der Waals surface area contributed by atoms with Gasteiger partial charge < -0.3 is 24.7 Å². The molecule has 1 aromatic rings. The van der Waals surface area contributed by atoms with Gasteiger partial charge in [0.25, 0.3) is 5.92 Å². The average Bonchev–Trinajstić information content (AvgIpc) is 2.82. The summed E-state index contributed by atoms with van der Waals surface area (Å²) < 4.78 is 35.3. The van der Waals surface area contributed by atoms with Crippen molar-refractivity contribution in [1.82, 2.24) is 5.32 Å². The van der Waals surface area contributed by atoms with Gasteiger partial charge in [0.15, 0.2) is 0 Å². The molecule has 7 heteroatoms. The lowest BCUT2D eigenvalue weighted by Gasteiger charge is -2.16. The summed E-state index contributed by atoms with van der Waals surface area (Å²) in [5, 5.41) is 20.1. The molecule has 0 spiro atoms. The van der Waals surface area contributed by atoms with Gasteiger partial charge in [0.1, 0.15) is 19.0 Å². The van der Waals surface area contributed by atoms with Crippen LogP contribution in [0.25, 0.3) is 0 Å². The Balaban J connectivity index is 2.05. The molecule has 1 unspecified atom stereocenters. The van der Waals surface area contributed by atoms with E-state index < -0.39 is 25.2 Å². The van der Waals surface area contributed by atoms with Gasteiger partial charge in [-0.1, -0.05) is 0 Å². The SMILES string of the molecule is OCC(F)(F)CNCC(O)COCc1ccco1. The summed E-state index contributed by atoms with van der Waals surface area (Å²) in [6.45, 7) is -1.70. The highest BCUT2D eigenvalue weighted by Crippen LogP contribution is 2.09. The third-order valence-corrected chi connectivity index (χ3v) is 2.13. The van der Waals surface area contributed by atoms with Crippen LogP contribution in [0.5, 0.6) is 0 Å². The van der Waals surface area contributed by atoms with Gasteiger partial charge in [-0.2, -0.15) is 0 Å². The van der Waals surface area contributed by atoms with E-state index in [1.165, 1.54) is 6.26 Å². The van der Waals surface area contributed by atoms with E-state index in [4.69, 9.17) is 14.3 Å². The topological polar surface area (TPSA) is 74.9 Å². The molecule has 5 nitrogen and oxygen atoms in total. The second-order valence-corrected chi connectivity index (χ2v) is 3.89. The van der Waals surface area contributed by atoms with Crippen molar-refractivity contribution in [3.05, 3.63) is 24.2 Å². The molecule has 1 heterocycles. The zero-order valence-electron chi connectivity index (χ0n) is 9.81. The molecule has 0 aliphatic heterocycles. The Morgan fingerprint density at radius 1 is 1.50 bits per heavy atom. The molecule has 0 aliphatic rings. The van der Waals surface area contributed by atoms with Crippen molar-refractivity contribution in [2.24, 2.45) is 0 Å². The number of nitrogens with one attached hydrogen (secondary N) is 1. The monoisotopic (exact) mass is 265 g/mol. The van der Waals surface area contributed by atoms with E-state index in [1.807, 2.05) is 0 Å². The molecule has 3 N–H and O–H groups in total. The van der Waals surface area contributed by atoms with E-state index in [2.05, 4.69) is 5.32 Å². The highest BCUT2D eigenvalue weighted by molar-refractivity contribution is 4.96. The van der Waals surface area contributed by atoms with Crippen molar-refractivity contribution in [3.63, 3.8) is 0 Å². The number of aliphatic hydroxyl groups is 2. The van der Waals surface area contributed by atoms with Crippen LogP contribution in [0.15, 0.2) is 22.8 Å². The van der Waals surface area contributed by atoms with Crippen molar-refractivity contribution in [2.75, 3.05) is 26.3 Å². The van der Waals surface area contributed by atoms with Crippen LogP contribution in [0.4, 0.5) is 8.78 Å². The van der Waals surface area contributed by atoms with Crippen LogP contribution in [0, 0.1) is 0 Å². The highest BCUT2D eigenvalue weighted by Gasteiger charge is 2.27. The van der Waals surface area contributed by atoms with E-state index in [-0.39, 0.29) is 19.8 Å². The summed E-state index contributed by atoms with van der Waals surface area (Å²) in [4.78, 5) is 0. The summed E-state index contributed by atoms with van der Waals surface area (Å²) in [6, 6.07) is 3.44. The molecule has 0 saturated carbocycles. The smallest absolute Gasteiger partial charge is 0.282 e. The number of alkyl halides is 2. The first-order valence-electron chi connectivity index (χ1n) is 5.51. The molecule has 0 amide bonds. The molecule has 0 radical (unpaired) electrons. The molecule has 1 aromatic heterocycles. The van der Waals surface area contributed by atoms with Crippen LogP contribution in [-0.4, -0.2) is 48.5 Å². The average molecular weight is 265 g/mol. The Bertz CT molecular complexity index is 319. The van der Waals surface area contributed by atoms with Gasteiger partial charge in [0, 0.05) is 6.54 Å². The third kappa shape index (κ3) is 6.06. The Morgan fingerprint density at radius 2 is 2.28 bits per heavy atom. The minimum absolute atomic E-state index is 0.0123. The standard InChI is InChI=1S/C11H17F2NO4/c12-11(13,8-15)7-14-4-9(16)5-17-6-10-2-1-3-18-10/h1-3,9,14-16H,4-8H2. The van der Waals surface area contributed by atoms with Gasteiger partial charge in [-0.25, -0.2) is 8.78 Å². The van der Waals surface area contributed by atoms with E-state index in [0.29, 0.717) is 5.76 Å². The molecule has 1 atom stereocenters. The Kier molecular flexibility index (Phi) is 6.20. The minimum Gasteiger partial charge on any atom is -0.467 e. The quantitative estimate of drug-likeness (QED) is 0.601. The second-order valence-electron chi connectivity index (χ2n) is 3.89. The first-order chi connectivity index (χ1) is 8.53. The maximum absolute atomic E-state index is 12.6. The van der Waals surface area contributed by atoms with E-state index in [0.717, 1.165) is 0 Å². The highest BCUT2D eigenvalue weighted by atomic mass is 19.3. The van der Waals surface area contributed by atoms with Crippen LogP contribution in [0.3, 0.4) is 0 Å². The van der Waals surface area contributed by atoms with Gasteiger partial charge in [-0.15, -0.1) is 0 Å². The molecule has 0 aliphatic carbocycles. The van der Waals surface area contributed by atoms with Crippen molar-refractivity contribution in [1.29, 1.82) is 0 Å². The lowest BCUT2D eigenvalue weighted by atomic mass is 10.3. The van der Waals surface area contributed by atoms with Crippen LogP contribution >= 0.6 is 0 Å². The fourth-order valence-electron chi connectivity index (χ4n) is 1.23. The molecule has 18 heavy (non-hydrogen) atoms. The van der Waals surface area contributed by atoms with Crippen LogP contribution in [0.2, 0.25) is 0 Å². The number of ether oxygens (including phenoxy) is 1. The van der Waals surface area contributed by atoms with E-state index in [9.17, 15) is 13.9 Å². The molecule has 104 valence electrons. The largest absolute Gasteiger partial charge is 0.467 e. The number of furan rings is 1. The summed E-state index contributed by atoms with van der Waals surface area (Å²) >= 11 is 0. The second kappa shape index (κ2) is 7.42. The minimum atomic E-state index is -3.17. The van der Waals surface area contributed by atoms with Crippen molar-refractivity contribution < 1.29 is 28.1 Å². The first kappa shape index (κ1) is 15.0. The van der Waals surface area contributed by atoms with Crippen LogP contribution in [0.1, 0.15) is 5.76 Å². The molecule has 0 aromatic carbocycles. The molecule has 1 rings (SSSR count). The number of hydrogen-bond acceptors (Lipinski definition) is 5. The zero-order chi connectivity index (χ0) is 13.4. The maximum Gasteiger partial charge on any atom is 0.282 e. The first-order valence-corrected chi connectivity index (χ1v) is 5.51. The van der Waals surface area contributed by atoms with Crippen molar-refractivity contribution in [3.8, 4) is 0 Å². The molecule has 0 bridgehead atoms. The molecular formula is C11H17F2NO4. The van der Waals surface area contributed by atoms with Gasteiger partial charge in [0.2, 0.25) is 0 Å². The lowest BCUT2D eigenvalue weighted by Crippen LogP contribution is -2.40. The number of rotatable bonds is 9. The Hall–Kier alpha value is -1.02. The number of halogens is 2. The van der Waals surface area contributed by atoms with Crippen molar-refractivity contribution >= 4 is 0 Å². The van der Waals surface area contributed by atoms with Crippen LogP contribution in [-0.2, 0) is 11.3 Å². The summed E-state index contributed by atoms with van der Waals surface area (Å²) in [6.07, 6.45) is 0.614. The van der Waals surface area contributed by atoms with Crippen molar-refractivity contribution in [2.45, 2.75) is 18.6 Å².